The van der Waals surface area contributed by atoms with Gasteiger partial charge < -0.3 is 15.5 Å². The van der Waals surface area contributed by atoms with Gasteiger partial charge in [0, 0.05) is 6.04 Å². The molecule has 0 aromatic rings. The third-order valence-electron chi connectivity index (χ3n) is 2.97. The first-order valence-corrected chi connectivity index (χ1v) is 5.33. The van der Waals surface area contributed by atoms with Crippen molar-refractivity contribution in [3.63, 3.8) is 0 Å². The summed E-state index contributed by atoms with van der Waals surface area (Å²) in [5, 5.41) is 0. The Labute approximate surface area is 81.9 Å². The van der Waals surface area contributed by atoms with E-state index in [1.165, 1.54) is 32.5 Å². The summed E-state index contributed by atoms with van der Waals surface area (Å²) in [6.07, 6.45) is 3.78. The van der Waals surface area contributed by atoms with Gasteiger partial charge in [-0.15, -0.1) is 0 Å². The van der Waals surface area contributed by atoms with E-state index in [0.717, 1.165) is 19.0 Å². The van der Waals surface area contributed by atoms with Crippen LogP contribution < -0.4 is 5.73 Å². The molecule has 0 unspecified atom stereocenters. The third-order valence-corrected chi connectivity index (χ3v) is 2.97. The minimum absolute atomic E-state index is 0.800. The molecule has 1 aliphatic rings. The molecule has 0 atom stereocenters. The van der Waals surface area contributed by atoms with Crippen molar-refractivity contribution in [2.75, 3.05) is 40.3 Å². The number of rotatable bonds is 4. The van der Waals surface area contributed by atoms with Crippen LogP contribution in [0.3, 0.4) is 0 Å². The number of nitrogens with two attached hydrogens (primary N) is 1. The van der Waals surface area contributed by atoms with Crippen molar-refractivity contribution in [3.05, 3.63) is 0 Å². The van der Waals surface area contributed by atoms with Gasteiger partial charge in [-0.2, -0.15) is 0 Å². The summed E-state index contributed by atoms with van der Waals surface area (Å²) < 4.78 is 0. The molecule has 78 valence electrons. The van der Waals surface area contributed by atoms with Crippen LogP contribution in [0, 0.1) is 0 Å². The molecule has 0 saturated carbocycles. The first kappa shape index (κ1) is 11.0. The van der Waals surface area contributed by atoms with Crippen molar-refractivity contribution in [2.24, 2.45) is 5.73 Å². The highest BCUT2D eigenvalue weighted by molar-refractivity contribution is 4.76. The Kier molecular flexibility index (Phi) is 4.70. The van der Waals surface area contributed by atoms with Gasteiger partial charge in [0.15, 0.2) is 0 Å². The van der Waals surface area contributed by atoms with Gasteiger partial charge in [0.25, 0.3) is 0 Å². The van der Waals surface area contributed by atoms with Crippen molar-refractivity contribution < 1.29 is 0 Å². The highest BCUT2D eigenvalue weighted by atomic mass is 15.2. The van der Waals surface area contributed by atoms with Gasteiger partial charge in [-0.3, -0.25) is 0 Å². The fraction of sp³-hybridized carbons (Fsp3) is 1.00. The third kappa shape index (κ3) is 3.63. The Morgan fingerprint density at radius 3 is 2.38 bits per heavy atom. The maximum absolute atomic E-state index is 5.49. The summed E-state index contributed by atoms with van der Waals surface area (Å²) in [4.78, 5) is 4.88. The quantitative estimate of drug-likeness (QED) is 0.686. The second-order valence-corrected chi connectivity index (χ2v) is 4.18. The molecule has 0 aromatic carbocycles. The molecule has 3 nitrogen and oxygen atoms in total. The minimum atomic E-state index is 0.800. The van der Waals surface area contributed by atoms with Gasteiger partial charge in [-0.05, 0) is 59.5 Å². The average Bonchev–Trinajstić information content (AvgIpc) is 2.15. The minimum Gasteiger partial charge on any atom is -0.330 e. The van der Waals surface area contributed by atoms with Crippen molar-refractivity contribution in [1.29, 1.82) is 0 Å². The lowest BCUT2D eigenvalue weighted by atomic mass is 10.0. The maximum Gasteiger partial charge on any atom is 0.0113 e. The van der Waals surface area contributed by atoms with E-state index in [0.29, 0.717) is 0 Å². The summed E-state index contributed by atoms with van der Waals surface area (Å²) in [6.45, 7) is 4.52. The number of hydrogen-bond acceptors (Lipinski definition) is 3. The molecule has 0 radical (unpaired) electrons. The Hall–Kier alpha value is -0.120. The lowest BCUT2D eigenvalue weighted by molar-refractivity contribution is 0.144. The zero-order valence-electron chi connectivity index (χ0n) is 9.00. The van der Waals surface area contributed by atoms with E-state index in [9.17, 15) is 0 Å². The summed E-state index contributed by atoms with van der Waals surface area (Å²) in [7, 11) is 4.36. The summed E-state index contributed by atoms with van der Waals surface area (Å²) >= 11 is 0. The second kappa shape index (κ2) is 5.58. The van der Waals surface area contributed by atoms with Gasteiger partial charge >= 0.3 is 0 Å². The normalized spacial score (nSPS) is 21.2. The van der Waals surface area contributed by atoms with Crippen LogP contribution in [0.25, 0.3) is 0 Å². The lowest BCUT2D eigenvalue weighted by Gasteiger charge is -2.35. The standard InChI is InChI=1S/C10H23N3/c1-12(2)10-4-8-13(9-5-10)7-3-6-11/h10H,3-9,11H2,1-2H3. The summed E-state index contributed by atoms with van der Waals surface area (Å²) in [6, 6.07) is 0.800. The zero-order chi connectivity index (χ0) is 9.68. The predicted molar refractivity (Wildman–Crippen MR) is 56.8 cm³/mol. The summed E-state index contributed by atoms with van der Waals surface area (Å²) in [5.41, 5.74) is 5.49. The molecule has 0 spiro atoms. The molecule has 13 heavy (non-hydrogen) atoms. The number of piperidine rings is 1. The Balaban J connectivity index is 2.15. The van der Waals surface area contributed by atoms with Gasteiger partial charge in [-0.25, -0.2) is 0 Å². The first-order chi connectivity index (χ1) is 6.24. The van der Waals surface area contributed by atoms with E-state index in [1.807, 2.05) is 0 Å². The fourth-order valence-corrected chi connectivity index (χ4v) is 1.97. The fourth-order valence-electron chi connectivity index (χ4n) is 1.97. The average molecular weight is 185 g/mol. The maximum atomic E-state index is 5.49. The van der Waals surface area contributed by atoms with Gasteiger partial charge in [-0.1, -0.05) is 0 Å². The van der Waals surface area contributed by atoms with E-state index in [-0.39, 0.29) is 0 Å². The molecule has 0 amide bonds. The van der Waals surface area contributed by atoms with Crippen LogP contribution in [0.1, 0.15) is 19.3 Å². The van der Waals surface area contributed by atoms with Crippen LogP contribution in [0.2, 0.25) is 0 Å². The topological polar surface area (TPSA) is 32.5 Å². The molecular formula is C10H23N3. The van der Waals surface area contributed by atoms with Crippen molar-refractivity contribution in [2.45, 2.75) is 25.3 Å². The molecule has 1 aliphatic heterocycles. The van der Waals surface area contributed by atoms with E-state index >= 15 is 0 Å². The van der Waals surface area contributed by atoms with E-state index in [4.69, 9.17) is 5.73 Å². The number of likely N-dealkylation sites (tertiary alicyclic amines) is 1. The van der Waals surface area contributed by atoms with E-state index in [1.54, 1.807) is 0 Å². The predicted octanol–water partition coefficient (Wildman–Crippen LogP) is 0.361. The van der Waals surface area contributed by atoms with E-state index in [2.05, 4.69) is 23.9 Å². The molecule has 1 saturated heterocycles. The molecule has 1 heterocycles. The van der Waals surface area contributed by atoms with Crippen molar-refractivity contribution >= 4 is 0 Å². The highest BCUT2D eigenvalue weighted by Gasteiger charge is 2.19. The smallest absolute Gasteiger partial charge is 0.0113 e. The molecule has 0 bridgehead atoms. The van der Waals surface area contributed by atoms with Crippen LogP contribution in [-0.2, 0) is 0 Å². The van der Waals surface area contributed by atoms with Crippen LogP contribution in [0.5, 0.6) is 0 Å². The molecule has 0 aliphatic carbocycles. The molecule has 0 aromatic heterocycles. The molecular weight excluding hydrogens is 162 g/mol. The molecule has 3 heteroatoms. The Morgan fingerprint density at radius 2 is 1.92 bits per heavy atom. The Morgan fingerprint density at radius 1 is 1.31 bits per heavy atom. The number of hydrogen-bond donors (Lipinski definition) is 1. The van der Waals surface area contributed by atoms with Crippen molar-refractivity contribution in [3.8, 4) is 0 Å². The number of nitrogens with zero attached hydrogens (tertiary/aromatic N) is 2. The van der Waals surface area contributed by atoms with Crippen LogP contribution in [0.4, 0.5) is 0 Å². The van der Waals surface area contributed by atoms with Crippen LogP contribution in [0.15, 0.2) is 0 Å². The monoisotopic (exact) mass is 185 g/mol. The second-order valence-electron chi connectivity index (χ2n) is 4.18. The lowest BCUT2D eigenvalue weighted by Crippen LogP contribution is -2.42. The molecule has 1 fully saturated rings. The largest absolute Gasteiger partial charge is 0.330 e. The first-order valence-electron chi connectivity index (χ1n) is 5.33. The zero-order valence-corrected chi connectivity index (χ0v) is 9.00. The molecule has 2 N–H and O–H groups in total. The van der Waals surface area contributed by atoms with Crippen LogP contribution in [-0.4, -0.2) is 56.1 Å². The Bertz CT molecular complexity index is 128. The SMILES string of the molecule is CN(C)C1CCN(CCCN)CC1. The highest BCUT2D eigenvalue weighted by Crippen LogP contribution is 2.13. The molecule has 1 rings (SSSR count). The van der Waals surface area contributed by atoms with Crippen molar-refractivity contribution in [1.82, 2.24) is 9.80 Å². The summed E-state index contributed by atoms with van der Waals surface area (Å²) in [5.74, 6) is 0. The van der Waals surface area contributed by atoms with E-state index < -0.39 is 0 Å². The van der Waals surface area contributed by atoms with Gasteiger partial charge in [0.05, 0.1) is 0 Å². The van der Waals surface area contributed by atoms with Gasteiger partial charge in [0.2, 0.25) is 0 Å². The van der Waals surface area contributed by atoms with Crippen LogP contribution >= 0.6 is 0 Å². The van der Waals surface area contributed by atoms with Gasteiger partial charge in [0.1, 0.15) is 0 Å².